The van der Waals surface area contributed by atoms with Crippen LogP contribution in [0.4, 0.5) is 5.69 Å². The molecular weight excluding hydrogens is 348 g/mol. The number of nitrogens with zero attached hydrogens (tertiary/aromatic N) is 1. The van der Waals surface area contributed by atoms with Gasteiger partial charge in [0.25, 0.3) is 5.91 Å². The van der Waals surface area contributed by atoms with Crippen molar-refractivity contribution in [3.63, 3.8) is 0 Å². The van der Waals surface area contributed by atoms with Crippen LogP contribution in [-0.4, -0.2) is 22.8 Å². The number of fused-ring (bicyclic) bond motifs is 1. The molecule has 7 nitrogen and oxygen atoms in total. The van der Waals surface area contributed by atoms with Gasteiger partial charge < -0.3 is 24.6 Å². The molecule has 0 saturated heterocycles. The van der Waals surface area contributed by atoms with Gasteiger partial charge in [0.1, 0.15) is 18.1 Å². The molecule has 0 fully saturated rings. The minimum atomic E-state index is -0.465. The zero-order chi connectivity index (χ0) is 18.6. The van der Waals surface area contributed by atoms with Gasteiger partial charge in [0.15, 0.2) is 11.5 Å². The summed E-state index contributed by atoms with van der Waals surface area (Å²) in [7, 11) is 0. The number of amides is 1. The molecule has 27 heavy (non-hydrogen) atoms. The van der Waals surface area contributed by atoms with E-state index in [0.29, 0.717) is 29.5 Å². The fraction of sp³-hybridized carbons (Fsp3) is 0.100. The van der Waals surface area contributed by atoms with Gasteiger partial charge >= 0.3 is 0 Å². The maximum Gasteiger partial charge on any atom is 0.259 e. The van der Waals surface area contributed by atoms with Crippen molar-refractivity contribution < 1.29 is 24.1 Å². The van der Waals surface area contributed by atoms with Crippen molar-refractivity contribution in [2.45, 2.75) is 6.61 Å². The number of aromatic hydroxyl groups is 1. The first kappa shape index (κ1) is 16.7. The van der Waals surface area contributed by atoms with Gasteiger partial charge in [-0.25, -0.2) is 0 Å². The predicted octanol–water partition coefficient (Wildman–Crippen LogP) is 3.35. The highest BCUT2D eigenvalue weighted by Gasteiger charge is 2.20. The number of pyridine rings is 1. The molecule has 0 spiro atoms. The number of carbonyl (C=O) groups excluding carboxylic acids is 1. The summed E-state index contributed by atoms with van der Waals surface area (Å²) in [4.78, 5) is 16.7. The molecule has 3 aromatic rings. The van der Waals surface area contributed by atoms with Crippen LogP contribution in [0.3, 0.4) is 0 Å². The number of aromatic nitrogens is 1. The van der Waals surface area contributed by atoms with Gasteiger partial charge in [0.2, 0.25) is 6.79 Å². The second kappa shape index (κ2) is 7.25. The quantitative estimate of drug-likeness (QED) is 0.722. The predicted molar refractivity (Wildman–Crippen MR) is 97.2 cm³/mol. The number of phenolic OH excluding ortho intramolecular Hbond substituents is 1. The summed E-state index contributed by atoms with van der Waals surface area (Å²) in [5.74, 6) is 0.778. The van der Waals surface area contributed by atoms with Gasteiger partial charge in [-0.2, -0.15) is 0 Å². The van der Waals surface area contributed by atoms with Crippen molar-refractivity contribution in [2.75, 3.05) is 12.1 Å². The van der Waals surface area contributed by atoms with E-state index < -0.39 is 5.91 Å². The Bertz CT molecular complexity index is 975. The molecule has 7 heteroatoms. The second-order valence-electron chi connectivity index (χ2n) is 5.81. The van der Waals surface area contributed by atoms with Crippen LogP contribution in [0.15, 0.2) is 60.8 Å². The lowest BCUT2D eigenvalue weighted by Crippen LogP contribution is -2.12. The maximum atomic E-state index is 12.5. The second-order valence-corrected chi connectivity index (χ2v) is 5.81. The minimum absolute atomic E-state index is 0.0650. The summed E-state index contributed by atoms with van der Waals surface area (Å²) < 4.78 is 16.1. The Balaban J connectivity index is 1.46. The maximum absolute atomic E-state index is 12.5. The molecule has 0 aliphatic carbocycles. The highest BCUT2D eigenvalue weighted by atomic mass is 16.7. The number of nitrogens with one attached hydrogen (secondary N) is 1. The number of carbonyl (C=O) groups is 1. The van der Waals surface area contributed by atoms with Crippen molar-refractivity contribution >= 4 is 11.6 Å². The zero-order valence-electron chi connectivity index (χ0n) is 14.2. The van der Waals surface area contributed by atoms with Gasteiger partial charge in [0, 0.05) is 30.1 Å². The van der Waals surface area contributed by atoms with E-state index in [1.165, 1.54) is 12.1 Å². The molecule has 4 rings (SSSR count). The fourth-order valence-electron chi connectivity index (χ4n) is 2.62. The Morgan fingerprint density at radius 2 is 1.96 bits per heavy atom. The number of rotatable bonds is 5. The highest BCUT2D eigenvalue weighted by Crippen LogP contribution is 2.37. The molecule has 0 bridgehead atoms. The van der Waals surface area contributed by atoms with Crippen LogP contribution < -0.4 is 19.5 Å². The molecular formula is C20H16N2O5. The topological polar surface area (TPSA) is 89.9 Å². The van der Waals surface area contributed by atoms with E-state index in [0.717, 1.165) is 5.69 Å². The zero-order valence-corrected chi connectivity index (χ0v) is 14.2. The SMILES string of the molecule is O=C(Nc1cccc(OCc2ccccn2)c1)c1cc2c(cc1O)OCO2. The lowest BCUT2D eigenvalue weighted by molar-refractivity contribution is 0.102. The van der Waals surface area contributed by atoms with Gasteiger partial charge in [0.05, 0.1) is 11.3 Å². The van der Waals surface area contributed by atoms with Gasteiger partial charge in [-0.05, 0) is 24.3 Å². The van der Waals surface area contributed by atoms with Crippen molar-refractivity contribution in [3.8, 4) is 23.0 Å². The first-order valence-corrected chi connectivity index (χ1v) is 8.26. The third-order valence-electron chi connectivity index (χ3n) is 3.94. The van der Waals surface area contributed by atoms with E-state index in [4.69, 9.17) is 14.2 Å². The average molecular weight is 364 g/mol. The van der Waals surface area contributed by atoms with E-state index in [-0.39, 0.29) is 18.1 Å². The molecule has 1 aliphatic heterocycles. The molecule has 136 valence electrons. The van der Waals surface area contributed by atoms with Crippen LogP contribution in [0, 0.1) is 0 Å². The molecule has 1 aromatic heterocycles. The smallest absolute Gasteiger partial charge is 0.259 e. The third-order valence-corrected chi connectivity index (χ3v) is 3.94. The van der Waals surface area contributed by atoms with Crippen LogP contribution >= 0.6 is 0 Å². The number of hydrogen-bond donors (Lipinski definition) is 2. The van der Waals surface area contributed by atoms with E-state index in [9.17, 15) is 9.90 Å². The van der Waals surface area contributed by atoms with Crippen LogP contribution in [0.2, 0.25) is 0 Å². The Labute approximate surface area is 155 Å². The lowest BCUT2D eigenvalue weighted by atomic mass is 10.1. The van der Waals surface area contributed by atoms with E-state index in [1.54, 1.807) is 30.5 Å². The third kappa shape index (κ3) is 3.77. The highest BCUT2D eigenvalue weighted by molar-refractivity contribution is 6.06. The number of anilines is 1. The van der Waals surface area contributed by atoms with Crippen LogP contribution in [0.1, 0.15) is 16.1 Å². The molecule has 1 aliphatic rings. The van der Waals surface area contributed by atoms with Crippen LogP contribution in [0.5, 0.6) is 23.0 Å². The Kier molecular flexibility index (Phi) is 4.49. The van der Waals surface area contributed by atoms with Gasteiger partial charge in [-0.15, -0.1) is 0 Å². The monoisotopic (exact) mass is 364 g/mol. The fourth-order valence-corrected chi connectivity index (χ4v) is 2.62. The molecule has 0 unspecified atom stereocenters. The summed E-state index contributed by atoms with van der Waals surface area (Å²) >= 11 is 0. The van der Waals surface area contributed by atoms with E-state index in [2.05, 4.69) is 10.3 Å². The van der Waals surface area contributed by atoms with Gasteiger partial charge in [-0.1, -0.05) is 12.1 Å². The number of ether oxygens (including phenoxy) is 3. The lowest BCUT2D eigenvalue weighted by Gasteiger charge is -2.10. The standard InChI is InChI=1S/C20H16N2O5/c23-17-10-19-18(26-12-27-19)9-16(17)20(24)22-13-5-3-6-15(8-13)25-11-14-4-1-2-7-21-14/h1-10,23H,11-12H2,(H,22,24). The average Bonchev–Trinajstić information content (AvgIpc) is 3.14. The van der Waals surface area contributed by atoms with E-state index >= 15 is 0 Å². The summed E-state index contributed by atoms with van der Waals surface area (Å²) in [6, 6.07) is 15.4. The molecule has 1 amide bonds. The summed E-state index contributed by atoms with van der Waals surface area (Å²) in [6.45, 7) is 0.386. The Morgan fingerprint density at radius 3 is 2.78 bits per heavy atom. The molecule has 2 N–H and O–H groups in total. The van der Waals surface area contributed by atoms with E-state index in [1.807, 2.05) is 18.2 Å². The summed E-state index contributed by atoms with van der Waals surface area (Å²) in [6.07, 6.45) is 1.70. The van der Waals surface area contributed by atoms with Crippen LogP contribution in [0.25, 0.3) is 0 Å². The number of benzene rings is 2. The van der Waals surface area contributed by atoms with Crippen molar-refractivity contribution in [2.24, 2.45) is 0 Å². The van der Waals surface area contributed by atoms with Crippen LogP contribution in [-0.2, 0) is 6.61 Å². The Hall–Kier alpha value is -3.74. The summed E-state index contributed by atoms with van der Waals surface area (Å²) in [5, 5.41) is 12.8. The normalized spacial score (nSPS) is 11.9. The molecule has 0 atom stereocenters. The first-order chi connectivity index (χ1) is 13.2. The largest absolute Gasteiger partial charge is 0.507 e. The molecule has 0 saturated carbocycles. The molecule has 2 heterocycles. The molecule has 2 aromatic carbocycles. The first-order valence-electron chi connectivity index (χ1n) is 8.26. The van der Waals surface area contributed by atoms with Crippen molar-refractivity contribution in [1.29, 1.82) is 0 Å². The summed E-state index contributed by atoms with van der Waals surface area (Å²) in [5.41, 5.74) is 1.44. The number of hydrogen-bond acceptors (Lipinski definition) is 6. The molecule has 0 radical (unpaired) electrons. The Morgan fingerprint density at radius 1 is 1.11 bits per heavy atom. The minimum Gasteiger partial charge on any atom is -0.507 e. The van der Waals surface area contributed by atoms with Crippen molar-refractivity contribution in [1.82, 2.24) is 4.98 Å². The number of phenols is 1. The van der Waals surface area contributed by atoms with Crippen molar-refractivity contribution in [3.05, 3.63) is 72.1 Å². The van der Waals surface area contributed by atoms with Gasteiger partial charge in [-0.3, -0.25) is 9.78 Å².